The second-order valence-corrected chi connectivity index (χ2v) is 4.61. The minimum Gasteiger partial charge on any atom is -0.496 e. The van der Waals surface area contributed by atoms with Crippen molar-refractivity contribution in [2.24, 2.45) is 0 Å². The van der Waals surface area contributed by atoms with Gasteiger partial charge in [0.2, 0.25) is 0 Å². The van der Waals surface area contributed by atoms with Crippen molar-refractivity contribution in [1.82, 2.24) is 5.32 Å². The van der Waals surface area contributed by atoms with Gasteiger partial charge >= 0.3 is 0 Å². The highest BCUT2D eigenvalue weighted by Gasteiger charge is 2.28. The first-order valence-corrected chi connectivity index (χ1v) is 6.34. The lowest BCUT2D eigenvalue weighted by atomic mass is 9.96. The average molecular weight is 269 g/mol. The Morgan fingerprint density at radius 1 is 1.16 bits per heavy atom. The summed E-state index contributed by atoms with van der Waals surface area (Å²) in [7, 11) is 3.02. The molecule has 0 spiro atoms. The molecule has 1 fully saturated rings. The zero-order valence-corrected chi connectivity index (χ0v) is 11.8. The van der Waals surface area contributed by atoms with Gasteiger partial charge in [0.15, 0.2) is 11.6 Å². The van der Waals surface area contributed by atoms with E-state index in [0.29, 0.717) is 24.5 Å². The summed E-state index contributed by atoms with van der Waals surface area (Å²) in [4.78, 5) is 0. The number of methoxy groups -OCH3 is 2. The van der Waals surface area contributed by atoms with Crippen LogP contribution in [0.25, 0.3) is 0 Å². The number of nitrogens with one attached hydrogen (secondary N) is 1. The SMILES string of the molecule is COc1c(C)c(C2CNCCO2)c(OC)c(C)c1F. The number of hydrogen-bond acceptors (Lipinski definition) is 4. The summed E-state index contributed by atoms with van der Waals surface area (Å²) in [6.07, 6.45) is -0.142. The maximum atomic E-state index is 14.2. The van der Waals surface area contributed by atoms with E-state index in [1.54, 1.807) is 14.0 Å². The number of ether oxygens (including phenoxy) is 3. The van der Waals surface area contributed by atoms with E-state index in [0.717, 1.165) is 17.7 Å². The maximum Gasteiger partial charge on any atom is 0.171 e. The van der Waals surface area contributed by atoms with Gasteiger partial charge in [0.1, 0.15) is 5.75 Å². The van der Waals surface area contributed by atoms with Crippen molar-refractivity contribution in [3.8, 4) is 11.5 Å². The molecule has 1 N–H and O–H groups in total. The molecule has 19 heavy (non-hydrogen) atoms. The third kappa shape index (κ3) is 2.40. The molecular weight excluding hydrogens is 249 g/mol. The Morgan fingerprint density at radius 3 is 2.37 bits per heavy atom. The molecule has 1 heterocycles. The van der Waals surface area contributed by atoms with E-state index in [1.807, 2.05) is 6.92 Å². The van der Waals surface area contributed by atoms with Gasteiger partial charge < -0.3 is 19.5 Å². The van der Waals surface area contributed by atoms with Gasteiger partial charge in [-0.05, 0) is 13.8 Å². The molecule has 0 amide bonds. The van der Waals surface area contributed by atoms with Gasteiger partial charge in [-0.2, -0.15) is 0 Å². The highest BCUT2D eigenvalue weighted by Crippen LogP contribution is 2.41. The Hall–Kier alpha value is -1.33. The van der Waals surface area contributed by atoms with Crippen LogP contribution in [0, 0.1) is 19.7 Å². The standard InChI is InChI=1S/C14H20FNO3/c1-8-11(10-7-16-5-6-19-10)13(17-3)9(2)12(15)14(8)18-4/h10,16H,5-7H2,1-4H3. The van der Waals surface area contributed by atoms with Crippen LogP contribution in [0.2, 0.25) is 0 Å². The predicted molar refractivity (Wildman–Crippen MR) is 70.5 cm³/mol. The van der Waals surface area contributed by atoms with Crippen LogP contribution < -0.4 is 14.8 Å². The van der Waals surface area contributed by atoms with Gasteiger partial charge in [0, 0.05) is 29.8 Å². The van der Waals surface area contributed by atoms with E-state index in [2.05, 4.69) is 5.32 Å². The van der Waals surface area contributed by atoms with Gasteiger partial charge in [-0.25, -0.2) is 4.39 Å². The van der Waals surface area contributed by atoms with Crippen LogP contribution in [0.5, 0.6) is 11.5 Å². The van der Waals surface area contributed by atoms with E-state index in [9.17, 15) is 4.39 Å². The van der Waals surface area contributed by atoms with Crippen molar-refractivity contribution in [2.45, 2.75) is 20.0 Å². The summed E-state index contributed by atoms with van der Waals surface area (Å²) in [6, 6.07) is 0. The topological polar surface area (TPSA) is 39.7 Å². The van der Waals surface area contributed by atoms with Crippen molar-refractivity contribution in [3.05, 3.63) is 22.5 Å². The number of hydrogen-bond donors (Lipinski definition) is 1. The lowest BCUT2D eigenvalue weighted by Gasteiger charge is -2.28. The van der Waals surface area contributed by atoms with Crippen LogP contribution in [-0.4, -0.2) is 33.9 Å². The van der Waals surface area contributed by atoms with E-state index >= 15 is 0 Å². The van der Waals surface area contributed by atoms with E-state index in [1.165, 1.54) is 7.11 Å². The first kappa shape index (κ1) is 14.1. The van der Waals surface area contributed by atoms with Crippen molar-refractivity contribution in [1.29, 1.82) is 0 Å². The number of rotatable bonds is 3. The molecule has 106 valence electrons. The van der Waals surface area contributed by atoms with Gasteiger partial charge in [-0.3, -0.25) is 0 Å². The van der Waals surface area contributed by atoms with Crippen LogP contribution in [0.15, 0.2) is 0 Å². The predicted octanol–water partition coefficient (Wildman–Crippen LogP) is 2.12. The second-order valence-electron chi connectivity index (χ2n) is 4.61. The van der Waals surface area contributed by atoms with Crippen LogP contribution in [0.1, 0.15) is 22.8 Å². The Bertz CT molecular complexity index is 470. The monoisotopic (exact) mass is 269 g/mol. The smallest absolute Gasteiger partial charge is 0.171 e. The fourth-order valence-corrected chi connectivity index (χ4v) is 2.57. The second kappa shape index (κ2) is 5.75. The number of benzene rings is 1. The molecule has 2 rings (SSSR count). The molecule has 0 bridgehead atoms. The zero-order valence-electron chi connectivity index (χ0n) is 11.8. The van der Waals surface area contributed by atoms with E-state index < -0.39 is 0 Å². The number of morpholine rings is 1. The number of halogens is 1. The largest absolute Gasteiger partial charge is 0.496 e. The van der Waals surface area contributed by atoms with Gasteiger partial charge in [-0.15, -0.1) is 0 Å². The van der Waals surface area contributed by atoms with Crippen LogP contribution in [0.3, 0.4) is 0 Å². The molecule has 1 saturated heterocycles. The highest BCUT2D eigenvalue weighted by atomic mass is 19.1. The Kier molecular flexibility index (Phi) is 4.27. The quantitative estimate of drug-likeness (QED) is 0.912. The highest BCUT2D eigenvalue weighted by molar-refractivity contribution is 5.55. The van der Waals surface area contributed by atoms with Gasteiger partial charge in [-0.1, -0.05) is 0 Å². The summed E-state index contributed by atoms with van der Waals surface area (Å²) in [6.45, 7) is 5.67. The molecule has 1 atom stereocenters. The minimum atomic E-state index is -0.371. The summed E-state index contributed by atoms with van der Waals surface area (Å²) in [5, 5.41) is 3.27. The van der Waals surface area contributed by atoms with Crippen molar-refractivity contribution in [3.63, 3.8) is 0 Å². The Balaban J connectivity index is 2.59. The molecule has 1 aromatic rings. The third-order valence-electron chi connectivity index (χ3n) is 3.52. The lowest BCUT2D eigenvalue weighted by Crippen LogP contribution is -2.34. The summed E-state index contributed by atoms with van der Waals surface area (Å²) < 4.78 is 30.5. The molecule has 1 unspecified atom stereocenters. The minimum absolute atomic E-state index is 0.142. The Labute approximate surface area is 112 Å². The lowest BCUT2D eigenvalue weighted by molar-refractivity contribution is 0.0256. The molecule has 5 heteroatoms. The van der Waals surface area contributed by atoms with Crippen molar-refractivity contribution < 1.29 is 18.6 Å². The molecule has 0 radical (unpaired) electrons. The van der Waals surface area contributed by atoms with Gasteiger partial charge in [0.25, 0.3) is 0 Å². The summed E-state index contributed by atoms with van der Waals surface area (Å²) >= 11 is 0. The van der Waals surface area contributed by atoms with Crippen LogP contribution in [0.4, 0.5) is 4.39 Å². The molecule has 4 nitrogen and oxygen atoms in total. The summed E-state index contributed by atoms with van der Waals surface area (Å²) in [5.41, 5.74) is 2.05. The molecule has 1 aliphatic rings. The van der Waals surface area contributed by atoms with Crippen LogP contribution >= 0.6 is 0 Å². The van der Waals surface area contributed by atoms with Crippen molar-refractivity contribution >= 4 is 0 Å². The molecule has 0 saturated carbocycles. The Morgan fingerprint density at radius 2 is 1.84 bits per heavy atom. The molecule has 1 aliphatic heterocycles. The summed E-state index contributed by atoms with van der Waals surface area (Å²) in [5.74, 6) is 0.441. The first-order chi connectivity index (χ1) is 9.11. The fraction of sp³-hybridized carbons (Fsp3) is 0.571. The molecule has 0 aliphatic carbocycles. The normalized spacial score (nSPS) is 19.3. The molecule has 0 aromatic heterocycles. The first-order valence-electron chi connectivity index (χ1n) is 6.34. The van der Waals surface area contributed by atoms with Gasteiger partial charge in [0.05, 0.1) is 26.9 Å². The van der Waals surface area contributed by atoms with E-state index in [-0.39, 0.29) is 17.7 Å². The molecule has 1 aromatic carbocycles. The average Bonchev–Trinajstić information content (AvgIpc) is 2.44. The fourth-order valence-electron chi connectivity index (χ4n) is 2.57. The molecular formula is C14H20FNO3. The van der Waals surface area contributed by atoms with E-state index in [4.69, 9.17) is 14.2 Å². The maximum absolute atomic E-state index is 14.2. The van der Waals surface area contributed by atoms with Crippen molar-refractivity contribution in [2.75, 3.05) is 33.9 Å². The van der Waals surface area contributed by atoms with Crippen LogP contribution in [-0.2, 0) is 4.74 Å². The third-order valence-corrected chi connectivity index (χ3v) is 3.52. The zero-order chi connectivity index (χ0) is 14.0.